The van der Waals surface area contributed by atoms with Crippen LogP contribution in [0.3, 0.4) is 0 Å². The Morgan fingerprint density at radius 1 is 0.717 bits per heavy atom. The number of anilines is 3. The highest BCUT2D eigenvalue weighted by Crippen LogP contribution is 2.32. The summed E-state index contributed by atoms with van der Waals surface area (Å²) in [5.74, 6) is -1.91. The number of amides is 2. The number of benzene rings is 4. The molecule has 0 unspecified atom stereocenters. The lowest BCUT2D eigenvalue weighted by molar-refractivity contribution is -0.146. The van der Waals surface area contributed by atoms with E-state index in [9.17, 15) is 27.6 Å². The normalized spacial score (nSPS) is 16.8. The highest BCUT2D eigenvalue weighted by atomic mass is 32.2. The lowest BCUT2D eigenvalue weighted by Crippen LogP contribution is -2.44. The van der Waals surface area contributed by atoms with Crippen molar-refractivity contribution in [3.63, 3.8) is 0 Å². The quantitative estimate of drug-likeness (QED) is 0.111. The molecule has 1 aliphatic carbocycles. The summed E-state index contributed by atoms with van der Waals surface area (Å²) < 4.78 is 44.8. The summed E-state index contributed by atoms with van der Waals surface area (Å²) in [4.78, 5) is 54.0. The second kappa shape index (κ2) is 20.6. The van der Waals surface area contributed by atoms with Crippen LogP contribution in [-0.2, 0) is 41.9 Å². The molecule has 2 aliphatic rings. The maximum atomic E-state index is 14.2. The largest absolute Gasteiger partial charge is 0.469 e. The minimum atomic E-state index is -4.07. The van der Waals surface area contributed by atoms with E-state index in [0.717, 1.165) is 62.0 Å². The second-order valence-electron chi connectivity index (χ2n) is 15.2. The molecule has 2 fully saturated rings. The van der Waals surface area contributed by atoms with Gasteiger partial charge in [-0.25, -0.2) is 13.2 Å². The Bertz CT molecular complexity index is 2230. The zero-order chi connectivity index (χ0) is 42.6. The number of hydrogen-bond acceptors (Lipinski definition) is 10. The van der Waals surface area contributed by atoms with Gasteiger partial charge in [-0.05, 0) is 130 Å². The van der Waals surface area contributed by atoms with Crippen molar-refractivity contribution in [1.29, 1.82) is 0 Å². The summed E-state index contributed by atoms with van der Waals surface area (Å²) in [7, 11) is 0.145. The third-order valence-corrected chi connectivity index (χ3v) is 13.3. The van der Waals surface area contributed by atoms with E-state index in [2.05, 4.69) is 15.5 Å². The fourth-order valence-electron chi connectivity index (χ4n) is 7.92. The van der Waals surface area contributed by atoms with Crippen molar-refractivity contribution in [2.45, 2.75) is 68.7 Å². The molecule has 6 rings (SSSR count). The molecule has 60 heavy (non-hydrogen) atoms. The number of sulfonamides is 1. The lowest BCUT2D eigenvalue weighted by Gasteiger charge is -2.35. The molecule has 4 aromatic rings. The van der Waals surface area contributed by atoms with Gasteiger partial charge in [0, 0.05) is 49.7 Å². The van der Waals surface area contributed by atoms with E-state index in [1.165, 1.54) is 49.9 Å². The number of piperidine rings is 1. The molecule has 0 atom stereocenters. The predicted octanol–water partition coefficient (Wildman–Crippen LogP) is 7.12. The minimum Gasteiger partial charge on any atom is -0.469 e. The Labute approximate surface area is 352 Å². The molecule has 0 bridgehead atoms. The van der Waals surface area contributed by atoms with Crippen LogP contribution in [0.15, 0.2) is 95.9 Å². The third-order valence-electron chi connectivity index (χ3n) is 11.4. The summed E-state index contributed by atoms with van der Waals surface area (Å²) >= 11 is 0. The van der Waals surface area contributed by atoms with Gasteiger partial charge in [-0.2, -0.15) is 4.31 Å². The van der Waals surface area contributed by atoms with E-state index >= 15 is 0 Å². The number of nitrogens with zero attached hydrogens (tertiary/aromatic N) is 2. The number of carbonyl (C=O) groups excluding carboxylic acids is 4. The number of nitrogens with one attached hydrogen (secondary N) is 2. The van der Waals surface area contributed by atoms with E-state index in [1.807, 2.05) is 42.5 Å². The average Bonchev–Trinajstić information content (AvgIpc) is 3.29. The smallest absolute Gasteiger partial charge is 0.337 e. The van der Waals surface area contributed by atoms with Crippen molar-refractivity contribution in [2.24, 2.45) is 5.92 Å². The molecule has 318 valence electrons. The van der Waals surface area contributed by atoms with Crippen molar-refractivity contribution < 1.29 is 41.8 Å². The van der Waals surface area contributed by atoms with Gasteiger partial charge in [0.05, 0.1) is 48.5 Å². The van der Waals surface area contributed by atoms with Crippen molar-refractivity contribution in [1.82, 2.24) is 4.31 Å². The van der Waals surface area contributed by atoms with Crippen LogP contribution in [-0.4, -0.2) is 90.1 Å². The Morgan fingerprint density at radius 3 is 2.02 bits per heavy atom. The highest BCUT2D eigenvalue weighted by Gasteiger charge is 2.36. The Hall–Kier alpha value is -5.57. The van der Waals surface area contributed by atoms with Crippen LogP contribution in [0, 0.1) is 5.92 Å². The van der Waals surface area contributed by atoms with E-state index in [0.29, 0.717) is 36.9 Å². The first kappa shape index (κ1) is 44.0. The van der Waals surface area contributed by atoms with Crippen molar-refractivity contribution in [3.05, 3.63) is 119 Å². The van der Waals surface area contributed by atoms with Crippen LogP contribution in [0.2, 0.25) is 0 Å². The van der Waals surface area contributed by atoms with Crippen LogP contribution in [0.5, 0.6) is 0 Å². The Kier molecular flexibility index (Phi) is 15.1. The second-order valence-corrected chi connectivity index (χ2v) is 17.1. The molecule has 0 radical (unpaired) electrons. The van der Waals surface area contributed by atoms with Gasteiger partial charge in [0.1, 0.15) is 0 Å². The third kappa shape index (κ3) is 11.0. The number of ether oxygens (including phenoxy) is 3. The molecule has 2 N–H and O–H groups in total. The molecule has 2 amide bonds. The molecule has 1 heterocycles. The fourth-order valence-corrected chi connectivity index (χ4v) is 9.63. The van der Waals surface area contributed by atoms with Gasteiger partial charge in [-0.3, -0.25) is 14.4 Å². The van der Waals surface area contributed by atoms with Gasteiger partial charge in [0.15, 0.2) is 0 Å². The summed E-state index contributed by atoms with van der Waals surface area (Å²) in [5, 5.41) is 5.88. The van der Waals surface area contributed by atoms with E-state index in [1.54, 1.807) is 24.3 Å². The molecule has 0 aromatic heterocycles. The standard InChI is InChI=1S/C46H54N4O9S/c1-57-29-28-50(38-22-18-35(19-23-38)46(54)59-3)60(55,56)40-9-7-8-36(30-40)43(51)48-42-25-24-39(49-26-5-4-6-27-49)31-41(42)44(52)47-37-20-14-33(15-21-37)11-10-32-12-16-34(17-13-32)45(53)58-2/h7-9,12-17,20-21,24-25,30-31,35,38H,4-6,10-11,18-19,22-23,26-29H2,1-3H3,(H,47,52)(H,48,51)/t35-,38-. The molecular formula is C46H54N4O9S. The van der Waals surface area contributed by atoms with E-state index in [4.69, 9.17) is 14.2 Å². The molecule has 0 spiro atoms. The number of rotatable bonds is 16. The topological polar surface area (TPSA) is 161 Å². The number of aryl methyl sites for hydroxylation is 2. The zero-order valence-corrected chi connectivity index (χ0v) is 35.3. The summed E-state index contributed by atoms with van der Waals surface area (Å²) in [6.07, 6.45) is 6.74. The average molecular weight is 839 g/mol. The van der Waals surface area contributed by atoms with Crippen LogP contribution in [0.1, 0.15) is 87.1 Å². The maximum Gasteiger partial charge on any atom is 0.337 e. The molecule has 1 saturated heterocycles. The number of hydrogen-bond donors (Lipinski definition) is 2. The molecule has 4 aromatic carbocycles. The predicted molar refractivity (Wildman–Crippen MR) is 230 cm³/mol. The molecule has 1 saturated carbocycles. The summed E-state index contributed by atoms with van der Waals surface area (Å²) in [5.41, 5.74) is 4.77. The highest BCUT2D eigenvalue weighted by molar-refractivity contribution is 7.89. The van der Waals surface area contributed by atoms with Gasteiger partial charge in [0.25, 0.3) is 11.8 Å². The fraction of sp³-hybridized carbons (Fsp3) is 0.391. The van der Waals surface area contributed by atoms with Gasteiger partial charge in [-0.1, -0.05) is 30.3 Å². The zero-order valence-electron chi connectivity index (χ0n) is 34.5. The number of methoxy groups -OCH3 is 3. The SMILES string of the molecule is COCCN([C@H]1CC[C@H](C(=O)OC)CC1)S(=O)(=O)c1cccc(C(=O)Nc2ccc(N3CCCCC3)cc2C(=O)Nc2ccc(CCc3ccc(C(=O)OC)cc3)cc2)c1. The van der Waals surface area contributed by atoms with E-state index < -0.39 is 21.8 Å². The minimum absolute atomic E-state index is 0.0420. The van der Waals surface area contributed by atoms with Crippen LogP contribution < -0.4 is 15.5 Å². The Balaban J connectivity index is 1.18. The number of carbonyl (C=O) groups is 4. The van der Waals surface area contributed by atoms with Crippen LogP contribution in [0.4, 0.5) is 17.1 Å². The first-order valence-corrected chi connectivity index (χ1v) is 21.9. The van der Waals surface area contributed by atoms with Crippen molar-refractivity contribution in [3.8, 4) is 0 Å². The van der Waals surface area contributed by atoms with Gasteiger partial charge in [-0.15, -0.1) is 0 Å². The van der Waals surface area contributed by atoms with Crippen molar-refractivity contribution >= 4 is 50.8 Å². The maximum absolute atomic E-state index is 14.2. The summed E-state index contributed by atoms with van der Waals surface area (Å²) in [6, 6.07) is 25.8. The number of esters is 2. The summed E-state index contributed by atoms with van der Waals surface area (Å²) in [6.45, 7) is 2.01. The Morgan fingerprint density at radius 2 is 1.38 bits per heavy atom. The lowest BCUT2D eigenvalue weighted by atomic mass is 9.86. The molecular weight excluding hydrogens is 785 g/mol. The monoisotopic (exact) mass is 838 g/mol. The van der Waals surface area contributed by atoms with Crippen LogP contribution >= 0.6 is 0 Å². The molecule has 1 aliphatic heterocycles. The first-order chi connectivity index (χ1) is 29.0. The van der Waals surface area contributed by atoms with E-state index in [-0.39, 0.29) is 58.8 Å². The van der Waals surface area contributed by atoms with Crippen LogP contribution in [0.25, 0.3) is 0 Å². The first-order valence-electron chi connectivity index (χ1n) is 20.5. The van der Waals surface area contributed by atoms with Gasteiger partial charge < -0.3 is 29.7 Å². The van der Waals surface area contributed by atoms with Gasteiger partial charge in [0.2, 0.25) is 10.0 Å². The van der Waals surface area contributed by atoms with Gasteiger partial charge >= 0.3 is 11.9 Å². The molecule has 14 heteroatoms. The molecule has 13 nitrogen and oxygen atoms in total. The van der Waals surface area contributed by atoms with Crippen molar-refractivity contribution in [2.75, 3.05) is 63.1 Å².